The van der Waals surface area contributed by atoms with Crippen LogP contribution in [0, 0.1) is 0 Å². The Morgan fingerprint density at radius 2 is 2.11 bits per heavy atom. The minimum Gasteiger partial charge on any atom is -0.489 e. The lowest BCUT2D eigenvalue weighted by Crippen LogP contribution is -2.38. The number of hydrogen-bond donors (Lipinski definition) is 2. The Balaban J connectivity index is 2.31. The summed E-state index contributed by atoms with van der Waals surface area (Å²) in [5.74, 6) is 1.32. The highest BCUT2D eigenvalue weighted by molar-refractivity contribution is 6.32. The Morgan fingerprint density at radius 1 is 1.37 bits per heavy atom. The van der Waals surface area contributed by atoms with E-state index in [4.69, 9.17) is 26.8 Å². The molecule has 0 spiro atoms. The quantitative estimate of drug-likeness (QED) is 0.823. The number of nitrogens with one attached hydrogen (secondary N) is 1. The van der Waals surface area contributed by atoms with Crippen molar-refractivity contribution in [1.82, 2.24) is 10.4 Å². The standard InChI is InChI=1S/C13H20ClN3O2/c1-17(2)16-11(8-15)9-6-10(14)13-12(7-9)18-4-3-5-19-13/h6-7,11,16H,3-5,8,15H2,1-2H3. The number of nitrogens with two attached hydrogens (primary N) is 1. The molecule has 1 aliphatic heterocycles. The Hall–Kier alpha value is -1.01. The normalized spacial score (nSPS) is 16.3. The van der Waals surface area contributed by atoms with Gasteiger partial charge in [0.25, 0.3) is 0 Å². The number of fused-ring (bicyclic) bond motifs is 1. The minimum atomic E-state index is -0.00958. The number of hydrazine groups is 1. The average molecular weight is 286 g/mol. The van der Waals surface area contributed by atoms with E-state index >= 15 is 0 Å². The molecule has 0 fully saturated rings. The molecule has 1 heterocycles. The first-order chi connectivity index (χ1) is 9.11. The molecule has 1 unspecified atom stereocenters. The summed E-state index contributed by atoms with van der Waals surface area (Å²) in [4.78, 5) is 0. The van der Waals surface area contributed by atoms with Gasteiger partial charge in [-0.05, 0) is 17.7 Å². The first-order valence-corrected chi connectivity index (χ1v) is 6.72. The molecule has 0 aliphatic carbocycles. The zero-order chi connectivity index (χ0) is 13.8. The molecule has 0 saturated heterocycles. The van der Waals surface area contributed by atoms with Crippen LogP contribution in [0.25, 0.3) is 0 Å². The van der Waals surface area contributed by atoms with Crippen LogP contribution in [0.5, 0.6) is 11.5 Å². The molecule has 19 heavy (non-hydrogen) atoms. The van der Waals surface area contributed by atoms with E-state index in [2.05, 4.69) is 5.43 Å². The predicted octanol–water partition coefficient (Wildman–Crippen LogP) is 1.57. The second-order valence-corrected chi connectivity index (χ2v) is 5.10. The number of hydrogen-bond acceptors (Lipinski definition) is 5. The fourth-order valence-corrected chi connectivity index (χ4v) is 2.30. The van der Waals surface area contributed by atoms with Crippen molar-refractivity contribution in [2.45, 2.75) is 12.5 Å². The van der Waals surface area contributed by atoms with E-state index in [0.717, 1.165) is 12.0 Å². The van der Waals surface area contributed by atoms with Crippen LogP contribution in [0.4, 0.5) is 0 Å². The van der Waals surface area contributed by atoms with E-state index in [1.165, 1.54) is 0 Å². The predicted molar refractivity (Wildman–Crippen MR) is 75.7 cm³/mol. The Morgan fingerprint density at radius 3 is 2.79 bits per heavy atom. The molecule has 0 bridgehead atoms. The van der Waals surface area contributed by atoms with Gasteiger partial charge in [-0.1, -0.05) is 11.6 Å². The molecule has 2 rings (SSSR count). The van der Waals surface area contributed by atoms with Gasteiger partial charge in [0, 0.05) is 27.1 Å². The largest absolute Gasteiger partial charge is 0.489 e. The highest BCUT2D eigenvalue weighted by atomic mass is 35.5. The molecule has 0 aromatic heterocycles. The van der Waals surface area contributed by atoms with Crippen molar-refractivity contribution in [1.29, 1.82) is 0 Å². The van der Waals surface area contributed by atoms with E-state index in [1.807, 2.05) is 31.2 Å². The van der Waals surface area contributed by atoms with E-state index < -0.39 is 0 Å². The van der Waals surface area contributed by atoms with Gasteiger partial charge in [-0.3, -0.25) is 0 Å². The first kappa shape index (κ1) is 14.4. The molecule has 1 aliphatic rings. The van der Waals surface area contributed by atoms with Crippen LogP contribution in [0.15, 0.2) is 12.1 Å². The number of benzene rings is 1. The molecule has 1 aromatic carbocycles. The van der Waals surface area contributed by atoms with Crippen molar-refractivity contribution in [2.24, 2.45) is 5.73 Å². The van der Waals surface area contributed by atoms with Crippen LogP contribution in [0.3, 0.4) is 0 Å². The van der Waals surface area contributed by atoms with Crippen molar-refractivity contribution in [2.75, 3.05) is 33.9 Å². The lowest BCUT2D eigenvalue weighted by molar-refractivity contribution is 0.245. The van der Waals surface area contributed by atoms with Gasteiger partial charge < -0.3 is 15.2 Å². The SMILES string of the molecule is CN(C)NC(CN)c1cc(Cl)c2c(c1)OCCCO2. The summed E-state index contributed by atoms with van der Waals surface area (Å²) in [6.07, 6.45) is 0.858. The zero-order valence-corrected chi connectivity index (χ0v) is 12.0. The van der Waals surface area contributed by atoms with Gasteiger partial charge in [-0.2, -0.15) is 0 Å². The summed E-state index contributed by atoms with van der Waals surface area (Å²) in [5.41, 5.74) is 10.0. The minimum absolute atomic E-state index is 0.00958. The molecule has 1 aromatic rings. The number of rotatable bonds is 4. The second-order valence-electron chi connectivity index (χ2n) is 4.69. The topological polar surface area (TPSA) is 59.8 Å². The lowest BCUT2D eigenvalue weighted by atomic mass is 10.1. The molecule has 5 nitrogen and oxygen atoms in total. The molecule has 106 valence electrons. The van der Waals surface area contributed by atoms with Crippen LogP contribution in [-0.2, 0) is 0 Å². The third kappa shape index (κ3) is 3.51. The van der Waals surface area contributed by atoms with Gasteiger partial charge in [0.1, 0.15) is 0 Å². The summed E-state index contributed by atoms with van der Waals surface area (Å²) in [5, 5.41) is 2.43. The maximum Gasteiger partial charge on any atom is 0.179 e. The zero-order valence-electron chi connectivity index (χ0n) is 11.3. The van der Waals surface area contributed by atoms with Gasteiger partial charge >= 0.3 is 0 Å². The smallest absolute Gasteiger partial charge is 0.179 e. The van der Waals surface area contributed by atoms with E-state index in [-0.39, 0.29) is 6.04 Å². The van der Waals surface area contributed by atoms with Gasteiger partial charge in [-0.15, -0.1) is 0 Å². The highest BCUT2D eigenvalue weighted by Crippen LogP contribution is 2.39. The van der Waals surface area contributed by atoms with Crippen LogP contribution in [-0.4, -0.2) is 38.9 Å². The maximum atomic E-state index is 6.27. The molecule has 0 amide bonds. The summed E-state index contributed by atoms with van der Waals surface area (Å²) >= 11 is 6.27. The molecule has 6 heteroatoms. The van der Waals surface area contributed by atoms with Crippen molar-refractivity contribution in [3.63, 3.8) is 0 Å². The monoisotopic (exact) mass is 285 g/mol. The lowest BCUT2D eigenvalue weighted by Gasteiger charge is -2.23. The van der Waals surface area contributed by atoms with E-state index in [1.54, 1.807) is 0 Å². The second kappa shape index (κ2) is 6.43. The molecule has 0 radical (unpaired) electrons. The molecule has 3 N–H and O–H groups in total. The number of ether oxygens (including phenoxy) is 2. The van der Waals surface area contributed by atoms with Gasteiger partial charge in [0.2, 0.25) is 0 Å². The van der Waals surface area contributed by atoms with Crippen molar-refractivity contribution in [3.05, 3.63) is 22.7 Å². The third-order valence-electron chi connectivity index (χ3n) is 2.88. The van der Waals surface area contributed by atoms with Crippen LogP contribution in [0.2, 0.25) is 5.02 Å². The maximum absolute atomic E-state index is 6.27. The number of nitrogens with zero attached hydrogens (tertiary/aromatic N) is 1. The molecule has 0 saturated carbocycles. The fourth-order valence-electron chi connectivity index (χ4n) is 2.03. The van der Waals surface area contributed by atoms with Crippen LogP contribution >= 0.6 is 11.6 Å². The van der Waals surface area contributed by atoms with Gasteiger partial charge in [-0.25, -0.2) is 10.4 Å². The summed E-state index contributed by atoms with van der Waals surface area (Å²) in [7, 11) is 3.85. The number of halogens is 1. The highest BCUT2D eigenvalue weighted by Gasteiger charge is 2.19. The van der Waals surface area contributed by atoms with Crippen molar-refractivity contribution < 1.29 is 9.47 Å². The van der Waals surface area contributed by atoms with Crippen LogP contribution < -0.4 is 20.6 Å². The molecular formula is C13H20ClN3O2. The Kier molecular flexibility index (Phi) is 4.87. The van der Waals surface area contributed by atoms with Gasteiger partial charge in [0.15, 0.2) is 11.5 Å². The summed E-state index contributed by atoms with van der Waals surface area (Å²) in [6.45, 7) is 1.73. The first-order valence-electron chi connectivity index (χ1n) is 6.34. The van der Waals surface area contributed by atoms with Crippen molar-refractivity contribution in [3.8, 4) is 11.5 Å². The Bertz CT molecular complexity index is 440. The van der Waals surface area contributed by atoms with Crippen LogP contribution in [0.1, 0.15) is 18.0 Å². The fraction of sp³-hybridized carbons (Fsp3) is 0.538. The average Bonchev–Trinajstić information content (AvgIpc) is 2.61. The Labute approximate surface area is 118 Å². The molecular weight excluding hydrogens is 266 g/mol. The van der Waals surface area contributed by atoms with Crippen molar-refractivity contribution >= 4 is 11.6 Å². The summed E-state index contributed by atoms with van der Waals surface area (Å²) in [6, 6.07) is 3.81. The molecule has 1 atom stereocenters. The van der Waals surface area contributed by atoms with E-state index in [0.29, 0.717) is 36.3 Å². The van der Waals surface area contributed by atoms with Gasteiger partial charge in [0.05, 0.1) is 24.3 Å². The van der Waals surface area contributed by atoms with E-state index in [9.17, 15) is 0 Å². The third-order valence-corrected chi connectivity index (χ3v) is 3.16. The summed E-state index contributed by atoms with van der Waals surface area (Å²) < 4.78 is 11.3.